The number of aromatic nitrogens is 1. The largest absolute Gasteiger partial charge is 0.491 e. The van der Waals surface area contributed by atoms with Crippen LogP contribution < -0.4 is 4.74 Å². The fraction of sp³-hybridized carbons (Fsp3) is 0.300. The van der Waals surface area contributed by atoms with E-state index in [4.69, 9.17) is 9.47 Å². The van der Waals surface area contributed by atoms with Crippen molar-refractivity contribution in [2.24, 2.45) is 0 Å². The van der Waals surface area contributed by atoms with Gasteiger partial charge in [0.2, 0.25) is 5.91 Å². The van der Waals surface area contributed by atoms with Crippen LogP contribution in [0, 0.1) is 0 Å². The van der Waals surface area contributed by atoms with Crippen molar-refractivity contribution in [2.45, 2.75) is 32.9 Å². The quantitative estimate of drug-likeness (QED) is 0.413. The van der Waals surface area contributed by atoms with E-state index in [1.165, 1.54) is 16.7 Å². The standard InChI is InChI=1S/C30H32N2O3/c1-2-23-10-11-29-27(19-23)20-24-6-5-7-25(18-24)21-32(14-15-34-16-17-35-29)30(33)22-31-13-12-26-8-3-4-9-28(26)31/h3-13,18-19H,2,14-17,20-22H2,1H3. The van der Waals surface area contributed by atoms with E-state index in [-0.39, 0.29) is 5.91 Å². The van der Waals surface area contributed by atoms with Crippen molar-refractivity contribution in [1.29, 1.82) is 0 Å². The van der Waals surface area contributed by atoms with E-state index in [0.29, 0.717) is 39.5 Å². The van der Waals surface area contributed by atoms with Gasteiger partial charge in [-0.3, -0.25) is 4.79 Å². The van der Waals surface area contributed by atoms with Crippen molar-refractivity contribution >= 4 is 16.8 Å². The van der Waals surface area contributed by atoms with Crippen LogP contribution in [0.3, 0.4) is 0 Å². The van der Waals surface area contributed by atoms with Gasteiger partial charge in [-0.05, 0) is 52.3 Å². The van der Waals surface area contributed by atoms with Gasteiger partial charge in [0.25, 0.3) is 0 Å². The van der Waals surface area contributed by atoms with Crippen LogP contribution in [0.4, 0.5) is 0 Å². The minimum atomic E-state index is 0.0848. The minimum absolute atomic E-state index is 0.0848. The number of benzene rings is 3. The van der Waals surface area contributed by atoms with E-state index in [1.807, 2.05) is 27.8 Å². The monoisotopic (exact) mass is 468 g/mol. The summed E-state index contributed by atoms with van der Waals surface area (Å²) in [7, 11) is 0. The number of para-hydroxylation sites is 1. The van der Waals surface area contributed by atoms with Gasteiger partial charge in [0.1, 0.15) is 18.9 Å². The molecule has 1 aromatic heterocycles. The molecule has 1 aliphatic heterocycles. The molecule has 180 valence electrons. The second kappa shape index (κ2) is 10.8. The normalized spacial score (nSPS) is 14.7. The number of ether oxygens (including phenoxy) is 2. The summed E-state index contributed by atoms with van der Waals surface area (Å²) in [4.78, 5) is 15.3. The first-order chi connectivity index (χ1) is 17.2. The number of aryl methyl sites for hydroxylation is 1. The molecule has 1 amide bonds. The van der Waals surface area contributed by atoms with E-state index in [0.717, 1.165) is 35.1 Å². The molecule has 5 heteroatoms. The number of hydrogen-bond acceptors (Lipinski definition) is 3. The Bertz CT molecular complexity index is 1310. The Kier molecular flexibility index (Phi) is 7.15. The van der Waals surface area contributed by atoms with Gasteiger partial charge in [-0.15, -0.1) is 0 Å². The Balaban J connectivity index is 1.39. The maximum absolute atomic E-state index is 13.4. The molecule has 0 atom stereocenters. The molecule has 0 fully saturated rings. The van der Waals surface area contributed by atoms with Crippen molar-refractivity contribution in [2.75, 3.05) is 26.4 Å². The lowest BCUT2D eigenvalue weighted by molar-refractivity contribution is -0.133. The average Bonchev–Trinajstić information content (AvgIpc) is 3.28. The minimum Gasteiger partial charge on any atom is -0.491 e. The zero-order chi connectivity index (χ0) is 24.0. The Morgan fingerprint density at radius 2 is 1.80 bits per heavy atom. The maximum atomic E-state index is 13.4. The molecule has 5 rings (SSSR count). The lowest BCUT2D eigenvalue weighted by Crippen LogP contribution is -2.36. The number of carbonyl (C=O) groups is 1. The molecule has 0 spiro atoms. The van der Waals surface area contributed by atoms with E-state index in [2.05, 4.69) is 67.6 Å². The highest BCUT2D eigenvalue weighted by Crippen LogP contribution is 2.25. The first kappa shape index (κ1) is 23.2. The highest BCUT2D eigenvalue weighted by atomic mass is 16.5. The second-order valence-corrected chi connectivity index (χ2v) is 9.07. The Morgan fingerprint density at radius 3 is 2.71 bits per heavy atom. The summed E-state index contributed by atoms with van der Waals surface area (Å²) in [6, 6.07) is 25.2. The highest BCUT2D eigenvalue weighted by Gasteiger charge is 2.17. The third kappa shape index (κ3) is 5.57. The van der Waals surface area contributed by atoms with Crippen molar-refractivity contribution in [3.05, 3.63) is 101 Å². The first-order valence-corrected chi connectivity index (χ1v) is 12.4. The van der Waals surface area contributed by atoms with Crippen molar-refractivity contribution in [3.63, 3.8) is 0 Å². The lowest BCUT2D eigenvalue weighted by atomic mass is 9.99. The Hall–Kier alpha value is -3.57. The average molecular weight is 469 g/mol. The lowest BCUT2D eigenvalue weighted by Gasteiger charge is -2.24. The molecule has 5 nitrogen and oxygen atoms in total. The summed E-state index contributed by atoms with van der Waals surface area (Å²) in [5.74, 6) is 1.01. The molecular weight excluding hydrogens is 436 g/mol. The van der Waals surface area contributed by atoms with Crippen LogP contribution in [0.2, 0.25) is 0 Å². The Morgan fingerprint density at radius 1 is 0.914 bits per heavy atom. The smallest absolute Gasteiger partial charge is 0.242 e. The third-order valence-corrected chi connectivity index (χ3v) is 6.62. The first-order valence-electron chi connectivity index (χ1n) is 12.4. The summed E-state index contributed by atoms with van der Waals surface area (Å²) in [5, 5.41) is 1.14. The molecule has 2 bridgehead atoms. The molecule has 1 aliphatic rings. The van der Waals surface area contributed by atoms with Crippen LogP contribution in [0.25, 0.3) is 10.9 Å². The van der Waals surface area contributed by atoms with E-state index >= 15 is 0 Å². The van der Waals surface area contributed by atoms with Gasteiger partial charge < -0.3 is 18.9 Å². The van der Waals surface area contributed by atoms with Gasteiger partial charge in [-0.25, -0.2) is 0 Å². The molecule has 0 radical (unpaired) electrons. The molecule has 0 N–H and O–H groups in total. The van der Waals surface area contributed by atoms with Crippen LogP contribution >= 0.6 is 0 Å². The zero-order valence-electron chi connectivity index (χ0n) is 20.3. The molecule has 35 heavy (non-hydrogen) atoms. The van der Waals surface area contributed by atoms with Gasteiger partial charge in [0.15, 0.2) is 0 Å². The van der Waals surface area contributed by atoms with Crippen molar-refractivity contribution in [1.82, 2.24) is 9.47 Å². The summed E-state index contributed by atoms with van der Waals surface area (Å²) in [5.41, 5.74) is 5.90. The SMILES string of the molecule is CCc1ccc2c(c1)Cc1cccc(c1)CN(C(=O)Cn1ccc3ccccc31)CCOCCO2. The van der Waals surface area contributed by atoms with E-state index < -0.39 is 0 Å². The highest BCUT2D eigenvalue weighted by molar-refractivity contribution is 5.83. The van der Waals surface area contributed by atoms with Gasteiger partial charge >= 0.3 is 0 Å². The number of rotatable bonds is 3. The van der Waals surface area contributed by atoms with Gasteiger partial charge in [-0.1, -0.05) is 61.5 Å². The summed E-state index contributed by atoms with van der Waals surface area (Å²) in [6.45, 7) is 5.03. The van der Waals surface area contributed by atoms with Gasteiger partial charge in [-0.2, -0.15) is 0 Å². The summed E-state index contributed by atoms with van der Waals surface area (Å²) < 4.78 is 14.0. The fourth-order valence-corrected chi connectivity index (χ4v) is 4.71. The van der Waals surface area contributed by atoms with Crippen molar-refractivity contribution in [3.8, 4) is 5.75 Å². The molecule has 4 aromatic rings. The molecular formula is C30H32N2O3. The Labute approximate surface area is 206 Å². The third-order valence-electron chi connectivity index (χ3n) is 6.62. The number of carbonyl (C=O) groups excluding carboxylic acids is 1. The predicted molar refractivity (Wildman–Crippen MR) is 139 cm³/mol. The molecule has 3 aromatic carbocycles. The second-order valence-electron chi connectivity index (χ2n) is 9.07. The van der Waals surface area contributed by atoms with Crippen LogP contribution in [-0.2, 0) is 35.5 Å². The summed E-state index contributed by atoms with van der Waals surface area (Å²) >= 11 is 0. The maximum Gasteiger partial charge on any atom is 0.242 e. The number of amides is 1. The predicted octanol–water partition coefficient (Wildman–Crippen LogP) is 5.23. The van der Waals surface area contributed by atoms with Crippen LogP contribution in [0.15, 0.2) is 79.0 Å². The van der Waals surface area contributed by atoms with Crippen LogP contribution in [-0.4, -0.2) is 41.7 Å². The molecule has 0 saturated carbocycles. The van der Waals surface area contributed by atoms with E-state index in [1.54, 1.807) is 0 Å². The fourth-order valence-electron chi connectivity index (χ4n) is 4.71. The zero-order valence-corrected chi connectivity index (χ0v) is 20.3. The number of nitrogens with zero attached hydrogens (tertiary/aromatic N) is 2. The van der Waals surface area contributed by atoms with Crippen LogP contribution in [0.1, 0.15) is 29.2 Å². The summed E-state index contributed by atoms with van der Waals surface area (Å²) in [6.07, 6.45) is 3.77. The number of hydrogen-bond donors (Lipinski definition) is 0. The van der Waals surface area contributed by atoms with Crippen molar-refractivity contribution < 1.29 is 14.3 Å². The molecule has 2 heterocycles. The van der Waals surface area contributed by atoms with Gasteiger partial charge in [0.05, 0.1) is 13.2 Å². The topological polar surface area (TPSA) is 43.7 Å². The number of fused-ring (bicyclic) bond motifs is 4. The molecule has 0 unspecified atom stereocenters. The molecule has 0 aliphatic carbocycles. The van der Waals surface area contributed by atoms with Gasteiger partial charge in [0, 0.05) is 31.2 Å². The van der Waals surface area contributed by atoms with Crippen LogP contribution in [0.5, 0.6) is 5.75 Å². The van der Waals surface area contributed by atoms with E-state index in [9.17, 15) is 4.79 Å². The molecule has 0 saturated heterocycles.